The lowest BCUT2D eigenvalue weighted by Crippen LogP contribution is -2.18. The third-order valence-electron chi connectivity index (χ3n) is 3.13. The Balaban J connectivity index is 1.86. The first-order chi connectivity index (χ1) is 10.1. The fraction of sp³-hybridized carbons (Fsp3) is 0.188. The van der Waals surface area contributed by atoms with Crippen LogP contribution in [0.3, 0.4) is 0 Å². The zero-order valence-electron chi connectivity index (χ0n) is 11.4. The van der Waals surface area contributed by atoms with Gasteiger partial charge in [-0.25, -0.2) is 8.78 Å². The molecule has 0 fully saturated rings. The van der Waals surface area contributed by atoms with Gasteiger partial charge in [-0.2, -0.15) is 0 Å². The SMILES string of the molecule is NC(=O)c1cccc(CCNCc2cc(F)ccc2F)c1. The van der Waals surface area contributed by atoms with Crippen LogP contribution in [0.4, 0.5) is 8.78 Å². The average molecular weight is 290 g/mol. The van der Waals surface area contributed by atoms with E-state index >= 15 is 0 Å². The highest BCUT2D eigenvalue weighted by Crippen LogP contribution is 2.09. The molecule has 3 nitrogen and oxygen atoms in total. The van der Waals surface area contributed by atoms with Crippen molar-refractivity contribution >= 4 is 5.91 Å². The van der Waals surface area contributed by atoms with Crippen molar-refractivity contribution < 1.29 is 13.6 Å². The lowest BCUT2D eigenvalue weighted by Gasteiger charge is -2.07. The zero-order chi connectivity index (χ0) is 15.2. The maximum Gasteiger partial charge on any atom is 0.248 e. The minimum atomic E-state index is -0.466. The minimum absolute atomic E-state index is 0.249. The molecule has 110 valence electrons. The summed E-state index contributed by atoms with van der Waals surface area (Å²) in [6.07, 6.45) is 0.665. The number of nitrogens with one attached hydrogen (secondary N) is 1. The number of nitrogens with two attached hydrogens (primary N) is 1. The minimum Gasteiger partial charge on any atom is -0.366 e. The molecule has 2 rings (SSSR count). The molecule has 0 saturated carbocycles. The number of halogens is 2. The second-order valence-electron chi connectivity index (χ2n) is 4.73. The van der Waals surface area contributed by atoms with Gasteiger partial charge in [0.15, 0.2) is 0 Å². The number of hydrogen-bond acceptors (Lipinski definition) is 2. The van der Waals surface area contributed by atoms with Crippen LogP contribution < -0.4 is 11.1 Å². The highest BCUT2D eigenvalue weighted by molar-refractivity contribution is 5.92. The molecule has 3 N–H and O–H groups in total. The predicted molar refractivity (Wildman–Crippen MR) is 76.7 cm³/mol. The average Bonchev–Trinajstić information content (AvgIpc) is 2.47. The first kappa shape index (κ1) is 15.1. The van der Waals surface area contributed by atoms with Crippen molar-refractivity contribution in [1.29, 1.82) is 0 Å². The predicted octanol–water partition coefficient (Wildman–Crippen LogP) is 2.40. The number of carbonyl (C=O) groups is 1. The number of carbonyl (C=O) groups excluding carboxylic acids is 1. The van der Waals surface area contributed by atoms with Gasteiger partial charge in [-0.1, -0.05) is 12.1 Å². The van der Waals surface area contributed by atoms with Gasteiger partial charge in [0, 0.05) is 17.7 Å². The van der Waals surface area contributed by atoms with Crippen LogP contribution in [0.25, 0.3) is 0 Å². The summed E-state index contributed by atoms with van der Waals surface area (Å²) in [7, 11) is 0. The van der Waals surface area contributed by atoms with E-state index in [0.717, 1.165) is 17.7 Å². The van der Waals surface area contributed by atoms with Crippen molar-refractivity contribution in [3.63, 3.8) is 0 Å². The Labute approximate surface area is 121 Å². The van der Waals surface area contributed by atoms with Crippen LogP contribution in [0.1, 0.15) is 21.5 Å². The summed E-state index contributed by atoms with van der Waals surface area (Å²) >= 11 is 0. The van der Waals surface area contributed by atoms with Crippen molar-refractivity contribution in [1.82, 2.24) is 5.32 Å². The molecule has 0 saturated heterocycles. The molecular formula is C16H16F2N2O. The van der Waals surface area contributed by atoms with Crippen LogP contribution in [0.15, 0.2) is 42.5 Å². The molecular weight excluding hydrogens is 274 g/mol. The number of amides is 1. The standard InChI is InChI=1S/C16H16F2N2O/c17-14-4-5-15(18)13(9-14)10-20-7-6-11-2-1-3-12(8-11)16(19)21/h1-5,8-9,20H,6-7,10H2,(H2,19,21). The molecule has 0 aliphatic heterocycles. The molecule has 0 radical (unpaired) electrons. The number of hydrogen-bond donors (Lipinski definition) is 2. The van der Waals surface area contributed by atoms with E-state index in [1.807, 2.05) is 6.07 Å². The summed E-state index contributed by atoms with van der Waals surface area (Å²) in [6, 6.07) is 10.4. The molecule has 0 spiro atoms. The fourth-order valence-electron chi connectivity index (χ4n) is 2.01. The van der Waals surface area contributed by atoms with Gasteiger partial charge in [-0.05, 0) is 48.9 Å². The van der Waals surface area contributed by atoms with Crippen molar-refractivity contribution in [2.24, 2.45) is 5.73 Å². The Morgan fingerprint density at radius 1 is 1.14 bits per heavy atom. The molecule has 5 heteroatoms. The summed E-state index contributed by atoms with van der Waals surface area (Å²) in [6.45, 7) is 0.831. The lowest BCUT2D eigenvalue weighted by atomic mass is 10.1. The largest absolute Gasteiger partial charge is 0.366 e. The van der Waals surface area contributed by atoms with Gasteiger partial charge in [0.05, 0.1) is 0 Å². The van der Waals surface area contributed by atoms with Gasteiger partial charge in [-0.3, -0.25) is 4.79 Å². The van der Waals surface area contributed by atoms with Gasteiger partial charge in [-0.15, -0.1) is 0 Å². The summed E-state index contributed by atoms with van der Waals surface area (Å²) in [4.78, 5) is 11.1. The van der Waals surface area contributed by atoms with Crippen LogP contribution in [0, 0.1) is 11.6 Å². The van der Waals surface area contributed by atoms with Gasteiger partial charge < -0.3 is 11.1 Å². The van der Waals surface area contributed by atoms with Crippen LogP contribution in [-0.4, -0.2) is 12.5 Å². The van der Waals surface area contributed by atoms with E-state index < -0.39 is 17.5 Å². The van der Waals surface area contributed by atoms with Gasteiger partial charge in [0.2, 0.25) is 5.91 Å². The smallest absolute Gasteiger partial charge is 0.248 e. The van der Waals surface area contributed by atoms with E-state index in [9.17, 15) is 13.6 Å². The topological polar surface area (TPSA) is 55.1 Å². The van der Waals surface area contributed by atoms with Crippen LogP contribution in [0.2, 0.25) is 0 Å². The van der Waals surface area contributed by atoms with Crippen molar-refractivity contribution in [2.45, 2.75) is 13.0 Å². The molecule has 0 aliphatic carbocycles. The van der Waals surface area contributed by atoms with Crippen LogP contribution >= 0.6 is 0 Å². The second-order valence-corrected chi connectivity index (χ2v) is 4.73. The van der Waals surface area contributed by atoms with Crippen molar-refractivity contribution in [3.05, 3.63) is 70.8 Å². The summed E-state index contributed by atoms with van der Waals surface area (Å²) in [5.41, 5.74) is 6.92. The third-order valence-corrected chi connectivity index (χ3v) is 3.13. The van der Waals surface area contributed by atoms with E-state index in [4.69, 9.17) is 5.73 Å². The van der Waals surface area contributed by atoms with Crippen molar-refractivity contribution in [3.8, 4) is 0 Å². The molecule has 0 unspecified atom stereocenters. The fourth-order valence-corrected chi connectivity index (χ4v) is 2.01. The summed E-state index contributed by atoms with van der Waals surface area (Å²) in [5, 5.41) is 3.04. The maximum atomic E-state index is 13.4. The molecule has 1 amide bonds. The van der Waals surface area contributed by atoms with Gasteiger partial charge >= 0.3 is 0 Å². The summed E-state index contributed by atoms with van der Waals surface area (Å²) in [5.74, 6) is -1.35. The Hall–Kier alpha value is -2.27. The Morgan fingerprint density at radius 2 is 1.95 bits per heavy atom. The second kappa shape index (κ2) is 6.95. The normalized spacial score (nSPS) is 10.6. The number of primary amides is 1. The molecule has 0 bridgehead atoms. The molecule has 21 heavy (non-hydrogen) atoms. The van der Waals surface area contributed by atoms with E-state index in [1.165, 1.54) is 6.07 Å². The monoisotopic (exact) mass is 290 g/mol. The lowest BCUT2D eigenvalue weighted by molar-refractivity contribution is 0.1000. The van der Waals surface area contributed by atoms with Crippen LogP contribution in [0.5, 0.6) is 0 Å². The molecule has 0 aromatic heterocycles. The highest BCUT2D eigenvalue weighted by atomic mass is 19.1. The number of rotatable bonds is 6. The van der Waals surface area contributed by atoms with Gasteiger partial charge in [0.25, 0.3) is 0 Å². The molecule has 0 heterocycles. The van der Waals surface area contributed by atoms with E-state index in [2.05, 4.69) is 5.32 Å². The van der Waals surface area contributed by atoms with Crippen molar-refractivity contribution in [2.75, 3.05) is 6.54 Å². The van der Waals surface area contributed by atoms with Crippen LogP contribution in [-0.2, 0) is 13.0 Å². The molecule has 0 aliphatic rings. The van der Waals surface area contributed by atoms with E-state index in [0.29, 0.717) is 24.1 Å². The maximum absolute atomic E-state index is 13.4. The molecule has 2 aromatic carbocycles. The Morgan fingerprint density at radius 3 is 2.71 bits per heavy atom. The molecule has 0 atom stereocenters. The first-order valence-corrected chi connectivity index (χ1v) is 6.59. The third kappa shape index (κ3) is 4.36. The Kier molecular flexibility index (Phi) is 5.00. The van der Waals surface area contributed by atoms with Gasteiger partial charge in [0.1, 0.15) is 11.6 Å². The quantitative estimate of drug-likeness (QED) is 0.803. The Bertz CT molecular complexity index is 644. The first-order valence-electron chi connectivity index (χ1n) is 6.59. The molecule has 2 aromatic rings. The van der Waals surface area contributed by atoms with E-state index in [-0.39, 0.29) is 6.54 Å². The highest BCUT2D eigenvalue weighted by Gasteiger charge is 2.04. The van der Waals surface area contributed by atoms with E-state index in [1.54, 1.807) is 18.2 Å². The number of benzene rings is 2. The zero-order valence-corrected chi connectivity index (χ0v) is 11.4. The summed E-state index contributed by atoms with van der Waals surface area (Å²) < 4.78 is 26.4.